The summed E-state index contributed by atoms with van der Waals surface area (Å²) in [6.07, 6.45) is 3.89. The molecule has 0 saturated carbocycles. The zero-order valence-corrected chi connectivity index (χ0v) is 13.5. The molecule has 114 valence electrons. The molecule has 1 aromatic carbocycles. The molecule has 0 amide bonds. The molecule has 0 aliphatic heterocycles. The average Bonchev–Trinajstić information content (AvgIpc) is 2.55. The van der Waals surface area contributed by atoms with Crippen molar-refractivity contribution >= 4 is 10.9 Å². The van der Waals surface area contributed by atoms with Crippen molar-refractivity contribution in [3.63, 3.8) is 0 Å². The van der Waals surface area contributed by atoms with Crippen LogP contribution in [0.2, 0.25) is 0 Å². The highest BCUT2D eigenvalue weighted by molar-refractivity contribution is 5.82. The lowest BCUT2D eigenvalue weighted by Gasteiger charge is -2.37. The van der Waals surface area contributed by atoms with Crippen LogP contribution in [0.25, 0.3) is 10.9 Å². The van der Waals surface area contributed by atoms with Crippen molar-refractivity contribution < 1.29 is 4.74 Å². The van der Waals surface area contributed by atoms with E-state index in [1.54, 1.807) is 7.11 Å². The molecule has 0 aliphatic rings. The van der Waals surface area contributed by atoms with Gasteiger partial charge in [0.2, 0.25) is 0 Å². The van der Waals surface area contributed by atoms with Crippen molar-refractivity contribution in [2.45, 2.75) is 45.3 Å². The highest BCUT2D eigenvalue weighted by Gasteiger charge is 2.34. The Morgan fingerprint density at radius 1 is 1.24 bits per heavy atom. The minimum Gasteiger partial charge on any atom is -0.377 e. The smallest absolute Gasteiger partial charge is 0.0842 e. The quantitative estimate of drug-likeness (QED) is 0.832. The molecule has 0 fully saturated rings. The van der Waals surface area contributed by atoms with Gasteiger partial charge in [0.1, 0.15) is 0 Å². The van der Waals surface area contributed by atoms with Crippen LogP contribution < -0.4 is 5.32 Å². The van der Waals surface area contributed by atoms with Gasteiger partial charge in [0.05, 0.1) is 17.2 Å². The van der Waals surface area contributed by atoms with Gasteiger partial charge in [-0.05, 0) is 37.9 Å². The molecular weight excluding hydrogens is 260 g/mol. The Hall–Kier alpha value is -1.45. The molecule has 2 atom stereocenters. The van der Waals surface area contributed by atoms with Crippen LogP contribution >= 0.6 is 0 Å². The van der Waals surface area contributed by atoms with Crippen LogP contribution in [0.3, 0.4) is 0 Å². The van der Waals surface area contributed by atoms with E-state index in [0.717, 1.165) is 24.9 Å². The van der Waals surface area contributed by atoms with Crippen molar-refractivity contribution in [3.05, 3.63) is 42.1 Å². The molecule has 21 heavy (non-hydrogen) atoms. The standard InChI is InChI=1S/C18H26N2O/c1-5-12-20-17(18(3,6-2)21-4)15-11-7-9-14-10-8-13-19-16(14)15/h7-11,13,17,20H,5-6,12H2,1-4H3. The minimum atomic E-state index is -0.249. The third-order valence-electron chi connectivity index (χ3n) is 4.35. The Balaban J connectivity index is 2.53. The van der Waals surface area contributed by atoms with Gasteiger partial charge in [-0.2, -0.15) is 0 Å². The Kier molecular flexibility index (Phi) is 5.32. The number of aromatic nitrogens is 1. The zero-order valence-electron chi connectivity index (χ0n) is 13.5. The third kappa shape index (κ3) is 3.25. The second-order valence-electron chi connectivity index (χ2n) is 5.68. The highest BCUT2D eigenvalue weighted by Crippen LogP contribution is 2.34. The minimum absolute atomic E-state index is 0.131. The molecule has 0 radical (unpaired) electrons. The first-order valence-electron chi connectivity index (χ1n) is 7.78. The summed E-state index contributed by atoms with van der Waals surface area (Å²) in [6, 6.07) is 10.6. The largest absolute Gasteiger partial charge is 0.377 e. The summed E-state index contributed by atoms with van der Waals surface area (Å²) in [5.74, 6) is 0. The van der Waals surface area contributed by atoms with Crippen molar-refractivity contribution in [1.82, 2.24) is 10.3 Å². The lowest BCUT2D eigenvalue weighted by molar-refractivity contribution is -0.0296. The van der Waals surface area contributed by atoms with E-state index >= 15 is 0 Å². The first-order chi connectivity index (χ1) is 10.2. The van der Waals surface area contributed by atoms with Gasteiger partial charge >= 0.3 is 0 Å². The molecule has 0 bridgehead atoms. The maximum absolute atomic E-state index is 5.86. The third-order valence-corrected chi connectivity index (χ3v) is 4.35. The summed E-state index contributed by atoms with van der Waals surface area (Å²) >= 11 is 0. The average molecular weight is 286 g/mol. The number of nitrogens with zero attached hydrogens (tertiary/aromatic N) is 1. The van der Waals surface area contributed by atoms with E-state index in [0.29, 0.717) is 0 Å². The van der Waals surface area contributed by atoms with Gasteiger partial charge in [0.15, 0.2) is 0 Å². The lowest BCUT2D eigenvalue weighted by atomic mass is 9.86. The second kappa shape index (κ2) is 7.01. The summed E-state index contributed by atoms with van der Waals surface area (Å²) in [6.45, 7) is 7.49. The fraction of sp³-hybridized carbons (Fsp3) is 0.500. The first-order valence-corrected chi connectivity index (χ1v) is 7.78. The van der Waals surface area contributed by atoms with Crippen molar-refractivity contribution in [3.8, 4) is 0 Å². The van der Waals surface area contributed by atoms with E-state index in [1.807, 2.05) is 12.3 Å². The summed E-state index contributed by atoms with van der Waals surface area (Å²) in [5.41, 5.74) is 2.03. The number of ether oxygens (including phenoxy) is 1. The van der Waals surface area contributed by atoms with Gasteiger partial charge in [-0.15, -0.1) is 0 Å². The molecule has 0 aliphatic carbocycles. The van der Waals surface area contributed by atoms with Crippen molar-refractivity contribution in [2.24, 2.45) is 0 Å². The topological polar surface area (TPSA) is 34.2 Å². The normalized spacial score (nSPS) is 15.8. The second-order valence-corrected chi connectivity index (χ2v) is 5.68. The number of para-hydroxylation sites is 1. The number of hydrogen-bond donors (Lipinski definition) is 1. The maximum Gasteiger partial charge on any atom is 0.0842 e. The first kappa shape index (κ1) is 15.9. The summed E-state index contributed by atoms with van der Waals surface area (Å²) in [5, 5.41) is 4.83. The van der Waals surface area contributed by atoms with Crippen LogP contribution in [0.4, 0.5) is 0 Å². The van der Waals surface area contributed by atoms with Gasteiger partial charge in [0.25, 0.3) is 0 Å². The van der Waals surface area contributed by atoms with E-state index in [-0.39, 0.29) is 11.6 Å². The summed E-state index contributed by atoms with van der Waals surface area (Å²) in [7, 11) is 1.79. The van der Waals surface area contributed by atoms with Gasteiger partial charge in [-0.1, -0.05) is 38.1 Å². The molecule has 1 heterocycles. The SMILES string of the molecule is CCCNC(c1cccc2cccnc12)C(C)(CC)OC. The predicted octanol–water partition coefficient (Wildman–Crippen LogP) is 4.09. The molecule has 0 saturated heterocycles. The van der Waals surface area contributed by atoms with E-state index in [1.165, 1.54) is 10.9 Å². The Morgan fingerprint density at radius 3 is 2.67 bits per heavy atom. The maximum atomic E-state index is 5.86. The van der Waals surface area contributed by atoms with E-state index in [9.17, 15) is 0 Å². The number of pyridine rings is 1. The van der Waals surface area contributed by atoms with Gasteiger partial charge in [-0.25, -0.2) is 0 Å². The van der Waals surface area contributed by atoms with Crippen LogP contribution in [0.1, 0.15) is 45.2 Å². The number of hydrogen-bond acceptors (Lipinski definition) is 3. The van der Waals surface area contributed by atoms with Crippen molar-refractivity contribution in [2.75, 3.05) is 13.7 Å². The number of methoxy groups -OCH3 is 1. The molecule has 1 aromatic heterocycles. The summed E-state index contributed by atoms with van der Waals surface area (Å²) < 4.78 is 5.86. The van der Waals surface area contributed by atoms with Crippen LogP contribution in [0.5, 0.6) is 0 Å². The molecule has 3 heteroatoms. The molecule has 1 N–H and O–H groups in total. The lowest BCUT2D eigenvalue weighted by Crippen LogP contribution is -2.43. The fourth-order valence-corrected chi connectivity index (χ4v) is 2.77. The Labute approximate surface area is 127 Å². The zero-order chi connectivity index (χ0) is 15.3. The van der Waals surface area contributed by atoms with Crippen LogP contribution in [-0.2, 0) is 4.74 Å². The monoisotopic (exact) mass is 286 g/mol. The van der Waals surface area contributed by atoms with Crippen LogP contribution in [-0.4, -0.2) is 24.2 Å². The highest BCUT2D eigenvalue weighted by atomic mass is 16.5. The fourth-order valence-electron chi connectivity index (χ4n) is 2.77. The van der Waals surface area contributed by atoms with Gasteiger partial charge < -0.3 is 10.1 Å². The molecule has 2 rings (SSSR count). The van der Waals surface area contributed by atoms with E-state index in [2.05, 4.69) is 55.3 Å². The van der Waals surface area contributed by atoms with E-state index < -0.39 is 0 Å². The van der Waals surface area contributed by atoms with E-state index in [4.69, 9.17) is 4.74 Å². The van der Waals surface area contributed by atoms with Crippen LogP contribution in [0, 0.1) is 0 Å². The number of nitrogens with one attached hydrogen (secondary N) is 1. The molecule has 3 nitrogen and oxygen atoms in total. The van der Waals surface area contributed by atoms with Crippen molar-refractivity contribution in [1.29, 1.82) is 0 Å². The molecule has 2 unspecified atom stereocenters. The van der Waals surface area contributed by atoms with Gasteiger partial charge in [0, 0.05) is 18.7 Å². The predicted molar refractivity (Wildman–Crippen MR) is 88.5 cm³/mol. The number of rotatable bonds is 7. The number of fused-ring (bicyclic) bond motifs is 1. The van der Waals surface area contributed by atoms with Crippen LogP contribution in [0.15, 0.2) is 36.5 Å². The Bertz CT molecular complexity index is 573. The summed E-state index contributed by atoms with van der Waals surface area (Å²) in [4.78, 5) is 4.60. The number of benzene rings is 1. The Morgan fingerprint density at radius 2 is 2.00 bits per heavy atom. The molecule has 2 aromatic rings. The molecule has 0 spiro atoms. The molecular formula is C18H26N2O. The van der Waals surface area contributed by atoms with Gasteiger partial charge in [-0.3, -0.25) is 4.98 Å².